The highest BCUT2D eigenvalue weighted by atomic mass is 35.5. The van der Waals surface area contributed by atoms with Crippen molar-refractivity contribution in [2.45, 2.75) is 37.6 Å². The van der Waals surface area contributed by atoms with Crippen LogP contribution in [0.1, 0.15) is 48.0 Å². The molecule has 0 bridgehead atoms. The zero-order valence-corrected chi connectivity index (χ0v) is 23.2. The molecule has 3 aliphatic rings. The molecule has 4 heterocycles. The van der Waals surface area contributed by atoms with Gasteiger partial charge in [-0.05, 0) is 67.5 Å². The summed E-state index contributed by atoms with van der Waals surface area (Å²) < 4.78 is 1.94. The number of fused-ring (bicyclic) bond motifs is 1. The second kappa shape index (κ2) is 10.3. The fraction of sp³-hybridized carbons (Fsp3) is 0.414. The number of carbonyl (C=O) groups is 1. The van der Waals surface area contributed by atoms with E-state index in [2.05, 4.69) is 49.7 Å². The summed E-state index contributed by atoms with van der Waals surface area (Å²) in [5.74, 6) is 2.46. The van der Waals surface area contributed by atoms with Crippen LogP contribution in [0.25, 0.3) is 5.65 Å². The number of likely N-dealkylation sites (N-methyl/N-ethyl adjacent to an activating group) is 1. The Morgan fingerprint density at radius 3 is 2.67 bits per heavy atom. The number of rotatable bonds is 8. The van der Waals surface area contributed by atoms with Gasteiger partial charge in [-0.2, -0.15) is 0 Å². The van der Waals surface area contributed by atoms with Crippen LogP contribution in [0, 0.1) is 5.92 Å². The van der Waals surface area contributed by atoms with Crippen LogP contribution in [0.2, 0.25) is 5.02 Å². The van der Waals surface area contributed by atoms with Crippen molar-refractivity contribution < 1.29 is 4.79 Å². The van der Waals surface area contributed by atoms with Crippen molar-refractivity contribution in [1.82, 2.24) is 29.5 Å². The number of halogens is 1. The summed E-state index contributed by atoms with van der Waals surface area (Å²) >= 11 is 6.12. The fourth-order valence-electron chi connectivity index (χ4n) is 5.53. The van der Waals surface area contributed by atoms with E-state index in [0.717, 1.165) is 43.8 Å². The normalized spacial score (nSPS) is 21.0. The molecule has 2 saturated carbocycles. The van der Waals surface area contributed by atoms with Crippen molar-refractivity contribution in [2.24, 2.45) is 5.92 Å². The molecule has 0 unspecified atom stereocenters. The second-order valence-corrected chi connectivity index (χ2v) is 11.6. The fourth-order valence-corrected chi connectivity index (χ4v) is 5.73. The molecule has 7 rings (SSSR count). The van der Waals surface area contributed by atoms with E-state index in [1.807, 2.05) is 28.8 Å². The van der Waals surface area contributed by atoms with Gasteiger partial charge in [0.2, 0.25) is 5.91 Å². The molecule has 10 nitrogen and oxygen atoms in total. The first-order valence-electron chi connectivity index (χ1n) is 13.9. The molecule has 3 fully saturated rings. The monoisotopic (exact) mass is 557 g/mol. The minimum atomic E-state index is -0.0814. The van der Waals surface area contributed by atoms with Crippen LogP contribution >= 0.6 is 11.6 Å². The number of anilines is 3. The van der Waals surface area contributed by atoms with E-state index in [9.17, 15) is 4.79 Å². The summed E-state index contributed by atoms with van der Waals surface area (Å²) in [5.41, 5.74) is 4.49. The lowest BCUT2D eigenvalue weighted by Gasteiger charge is -2.34. The van der Waals surface area contributed by atoms with E-state index in [4.69, 9.17) is 21.7 Å². The largest absolute Gasteiger partial charge is 0.366 e. The van der Waals surface area contributed by atoms with Gasteiger partial charge in [-0.3, -0.25) is 4.79 Å². The van der Waals surface area contributed by atoms with Gasteiger partial charge in [-0.15, -0.1) is 5.10 Å². The molecule has 4 aromatic rings. The summed E-state index contributed by atoms with van der Waals surface area (Å²) in [6.45, 7) is 4.45. The smallest absolute Gasteiger partial charge is 0.229 e. The highest BCUT2D eigenvalue weighted by Crippen LogP contribution is 2.48. The Bertz CT molecular complexity index is 1560. The molecule has 0 radical (unpaired) electrons. The lowest BCUT2D eigenvalue weighted by Crippen LogP contribution is -2.44. The number of amides is 1. The van der Waals surface area contributed by atoms with Crippen LogP contribution in [0.4, 0.5) is 17.3 Å². The number of nitrogens with zero attached hydrogens (tertiary/aromatic N) is 7. The Morgan fingerprint density at radius 2 is 1.88 bits per heavy atom. The van der Waals surface area contributed by atoms with Crippen LogP contribution in [0.3, 0.4) is 0 Å². The predicted molar refractivity (Wildman–Crippen MR) is 155 cm³/mol. The van der Waals surface area contributed by atoms with Gasteiger partial charge in [0.05, 0.1) is 12.2 Å². The quantitative estimate of drug-likeness (QED) is 0.333. The SMILES string of the molecule is CN1CCN(c2cc(C3CC3)cn3nc(CNc4cc(NC(=O)[C@H]5C[C@@H]5c5cccc(Cl)c5)ncn4)nc23)CC1. The van der Waals surface area contributed by atoms with E-state index in [1.54, 1.807) is 6.07 Å². The Balaban J connectivity index is 1.03. The average Bonchev–Trinajstić information content (AvgIpc) is 3.88. The Morgan fingerprint density at radius 1 is 1.05 bits per heavy atom. The lowest BCUT2D eigenvalue weighted by atomic mass is 10.1. The van der Waals surface area contributed by atoms with Crippen molar-refractivity contribution in [3.05, 3.63) is 70.9 Å². The first-order valence-corrected chi connectivity index (χ1v) is 14.3. The standard InChI is InChI=1S/C29H32ClN9O/c1-37-7-9-38(10-8-37)24-12-20(18-5-6-18)16-39-28(24)34-27(36-39)15-31-25-14-26(33-17-32-25)35-29(40)23-13-22(23)19-3-2-4-21(30)11-19/h2-4,11-12,14,16-18,22-23H,5-10,13,15H2,1H3,(H2,31,32,33,35,40)/t22-,23+/m1/s1. The van der Waals surface area contributed by atoms with Crippen molar-refractivity contribution in [2.75, 3.05) is 48.8 Å². The number of carbonyl (C=O) groups excluding carboxylic acids is 1. The molecule has 40 heavy (non-hydrogen) atoms. The maximum atomic E-state index is 12.8. The maximum absolute atomic E-state index is 12.8. The van der Waals surface area contributed by atoms with Gasteiger partial charge in [0.1, 0.15) is 18.0 Å². The van der Waals surface area contributed by atoms with Crippen molar-refractivity contribution in [3.8, 4) is 0 Å². The molecule has 2 aliphatic carbocycles. The van der Waals surface area contributed by atoms with Crippen LogP contribution in [-0.2, 0) is 11.3 Å². The topological polar surface area (TPSA) is 104 Å². The number of benzene rings is 1. The summed E-state index contributed by atoms with van der Waals surface area (Å²) in [6.07, 6.45) is 6.87. The van der Waals surface area contributed by atoms with E-state index in [1.165, 1.54) is 30.4 Å². The van der Waals surface area contributed by atoms with Gasteiger partial charge in [0.25, 0.3) is 0 Å². The van der Waals surface area contributed by atoms with Crippen molar-refractivity contribution in [3.63, 3.8) is 0 Å². The van der Waals surface area contributed by atoms with Gasteiger partial charge < -0.3 is 20.4 Å². The summed E-state index contributed by atoms with van der Waals surface area (Å²) in [6, 6.07) is 11.8. The molecule has 1 aliphatic heterocycles. The van der Waals surface area contributed by atoms with Crippen LogP contribution in [0.15, 0.2) is 48.9 Å². The van der Waals surface area contributed by atoms with E-state index < -0.39 is 0 Å². The van der Waals surface area contributed by atoms with E-state index in [0.29, 0.717) is 34.9 Å². The summed E-state index contributed by atoms with van der Waals surface area (Å²) in [5, 5.41) is 11.7. The highest BCUT2D eigenvalue weighted by Gasteiger charge is 2.44. The highest BCUT2D eigenvalue weighted by molar-refractivity contribution is 6.30. The first kappa shape index (κ1) is 25.2. The maximum Gasteiger partial charge on any atom is 0.229 e. The van der Waals surface area contributed by atoms with Gasteiger partial charge in [-0.1, -0.05) is 23.7 Å². The number of hydrogen-bond donors (Lipinski definition) is 2. The molecule has 0 spiro atoms. The van der Waals surface area contributed by atoms with Crippen molar-refractivity contribution >= 4 is 40.5 Å². The zero-order valence-electron chi connectivity index (χ0n) is 22.4. The Hall–Kier alpha value is -3.76. The molecule has 2 atom stereocenters. The third-order valence-electron chi connectivity index (χ3n) is 8.12. The van der Waals surface area contributed by atoms with E-state index in [-0.39, 0.29) is 17.7 Å². The van der Waals surface area contributed by atoms with Gasteiger partial charge in [0, 0.05) is 49.4 Å². The van der Waals surface area contributed by atoms with Crippen LogP contribution in [0.5, 0.6) is 0 Å². The Labute approximate surface area is 237 Å². The molecule has 1 amide bonds. The van der Waals surface area contributed by atoms with E-state index >= 15 is 0 Å². The third kappa shape index (κ3) is 5.33. The minimum absolute atomic E-state index is 0.0421. The molecule has 206 valence electrons. The Kier molecular flexibility index (Phi) is 6.51. The molecule has 11 heteroatoms. The summed E-state index contributed by atoms with van der Waals surface area (Å²) in [7, 11) is 2.17. The van der Waals surface area contributed by atoms with Gasteiger partial charge in [0.15, 0.2) is 11.5 Å². The average molecular weight is 558 g/mol. The van der Waals surface area contributed by atoms with Gasteiger partial charge >= 0.3 is 0 Å². The molecular weight excluding hydrogens is 526 g/mol. The summed E-state index contributed by atoms with van der Waals surface area (Å²) in [4.78, 5) is 31.1. The lowest BCUT2D eigenvalue weighted by molar-refractivity contribution is -0.117. The number of pyridine rings is 1. The zero-order chi connectivity index (χ0) is 27.2. The minimum Gasteiger partial charge on any atom is -0.366 e. The molecule has 1 aromatic carbocycles. The number of nitrogens with one attached hydrogen (secondary N) is 2. The predicted octanol–water partition coefficient (Wildman–Crippen LogP) is 4.16. The van der Waals surface area contributed by atoms with Crippen LogP contribution in [-0.4, -0.2) is 68.6 Å². The van der Waals surface area contributed by atoms with Crippen LogP contribution < -0.4 is 15.5 Å². The first-order chi connectivity index (χ1) is 19.5. The molecule has 3 aromatic heterocycles. The van der Waals surface area contributed by atoms with Gasteiger partial charge in [-0.25, -0.2) is 19.5 Å². The molecular formula is C29H32ClN9O. The third-order valence-corrected chi connectivity index (χ3v) is 8.36. The van der Waals surface area contributed by atoms with Crippen molar-refractivity contribution in [1.29, 1.82) is 0 Å². The second-order valence-electron chi connectivity index (χ2n) is 11.2. The molecule has 2 N–H and O–H groups in total. The number of piperazine rings is 1. The number of aromatic nitrogens is 5. The molecule has 1 saturated heterocycles. The number of hydrogen-bond acceptors (Lipinski definition) is 8.